The summed E-state index contributed by atoms with van der Waals surface area (Å²) in [5.41, 5.74) is 3.39. The predicted octanol–water partition coefficient (Wildman–Crippen LogP) is 3.28. The van der Waals surface area contributed by atoms with E-state index in [9.17, 15) is 4.79 Å². The van der Waals surface area contributed by atoms with Gasteiger partial charge in [-0.25, -0.2) is 0 Å². The summed E-state index contributed by atoms with van der Waals surface area (Å²) in [7, 11) is 1.86. The second-order valence-corrected chi connectivity index (χ2v) is 6.68. The minimum absolute atomic E-state index is 0.0122. The Labute approximate surface area is 150 Å². The molecule has 0 saturated carbocycles. The standard InChI is InChI=1S/C21H26N2O2/c1-4-23-15-18(25-20-8-6-5-7-19(20)23)14-22(3)21(24)13-17-11-9-16(2)10-12-17/h5-12,18H,4,13-15H2,1-3H3/t18-/m0/s1. The van der Waals surface area contributed by atoms with Crippen LogP contribution in [0.2, 0.25) is 0 Å². The smallest absolute Gasteiger partial charge is 0.226 e. The van der Waals surface area contributed by atoms with Crippen LogP contribution in [0.1, 0.15) is 18.1 Å². The van der Waals surface area contributed by atoms with Crippen molar-refractivity contribution in [2.45, 2.75) is 26.4 Å². The molecule has 1 aliphatic rings. The molecular weight excluding hydrogens is 312 g/mol. The van der Waals surface area contributed by atoms with Gasteiger partial charge in [-0.2, -0.15) is 0 Å². The molecule has 1 amide bonds. The summed E-state index contributed by atoms with van der Waals surface area (Å²) in [4.78, 5) is 16.6. The number of likely N-dealkylation sites (N-methyl/N-ethyl adjacent to an activating group) is 2. The summed E-state index contributed by atoms with van der Waals surface area (Å²) in [5.74, 6) is 1.02. The maximum Gasteiger partial charge on any atom is 0.226 e. The number of amides is 1. The minimum atomic E-state index is -0.0122. The average Bonchev–Trinajstić information content (AvgIpc) is 2.62. The topological polar surface area (TPSA) is 32.8 Å². The first-order valence-corrected chi connectivity index (χ1v) is 8.87. The first kappa shape index (κ1) is 17.3. The quantitative estimate of drug-likeness (QED) is 0.839. The highest BCUT2D eigenvalue weighted by atomic mass is 16.5. The van der Waals surface area contributed by atoms with Crippen LogP contribution in [0.3, 0.4) is 0 Å². The number of hydrogen-bond acceptors (Lipinski definition) is 3. The van der Waals surface area contributed by atoms with Crippen LogP contribution in [-0.2, 0) is 11.2 Å². The number of anilines is 1. The number of para-hydroxylation sites is 2. The van der Waals surface area contributed by atoms with Gasteiger partial charge in [-0.15, -0.1) is 0 Å². The molecule has 0 radical (unpaired) electrons. The van der Waals surface area contributed by atoms with Gasteiger partial charge >= 0.3 is 0 Å². The Morgan fingerprint density at radius 1 is 1.20 bits per heavy atom. The molecule has 0 fully saturated rings. The zero-order valence-corrected chi connectivity index (χ0v) is 15.2. The summed E-state index contributed by atoms with van der Waals surface area (Å²) in [5, 5.41) is 0. The predicted molar refractivity (Wildman–Crippen MR) is 101 cm³/mol. The Morgan fingerprint density at radius 3 is 2.64 bits per heavy atom. The third-order valence-electron chi connectivity index (χ3n) is 4.68. The fourth-order valence-corrected chi connectivity index (χ4v) is 3.20. The number of carbonyl (C=O) groups excluding carboxylic acids is 1. The lowest BCUT2D eigenvalue weighted by Gasteiger charge is -2.37. The van der Waals surface area contributed by atoms with E-state index in [-0.39, 0.29) is 12.0 Å². The van der Waals surface area contributed by atoms with E-state index in [0.29, 0.717) is 13.0 Å². The molecule has 0 aromatic heterocycles. The van der Waals surface area contributed by atoms with Gasteiger partial charge in [0, 0.05) is 13.6 Å². The molecule has 1 heterocycles. The van der Waals surface area contributed by atoms with Gasteiger partial charge in [0.2, 0.25) is 5.91 Å². The summed E-state index contributed by atoms with van der Waals surface area (Å²) < 4.78 is 6.12. The van der Waals surface area contributed by atoms with E-state index >= 15 is 0 Å². The first-order chi connectivity index (χ1) is 12.1. The Balaban J connectivity index is 1.62. The van der Waals surface area contributed by atoms with E-state index in [2.05, 4.69) is 24.8 Å². The van der Waals surface area contributed by atoms with Gasteiger partial charge in [-0.05, 0) is 31.5 Å². The number of fused-ring (bicyclic) bond motifs is 1. The van der Waals surface area contributed by atoms with Crippen molar-refractivity contribution in [3.05, 3.63) is 59.7 Å². The van der Waals surface area contributed by atoms with Crippen LogP contribution >= 0.6 is 0 Å². The van der Waals surface area contributed by atoms with E-state index in [1.165, 1.54) is 5.56 Å². The molecule has 25 heavy (non-hydrogen) atoms. The van der Waals surface area contributed by atoms with Gasteiger partial charge in [0.15, 0.2) is 0 Å². The number of rotatable bonds is 5. The lowest BCUT2D eigenvalue weighted by molar-refractivity contribution is -0.130. The normalized spacial score (nSPS) is 16.1. The fraction of sp³-hybridized carbons (Fsp3) is 0.381. The zero-order valence-electron chi connectivity index (χ0n) is 15.2. The van der Waals surface area contributed by atoms with Crippen LogP contribution in [0, 0.1) is 6.92 Å². The van der Waals surface area contributed by atoms with Crippen LogP contribution < -0.4 is 9.64 Å². The van der Waals surface area contributed by atoms with Crippen molar-refractivity contribution < 1.29 is 9.53 Å². The fourth-order valence-electron chi connectivity index (χ4n) is 3.20. The maximum atomic E-state index is 12.5. The van der Waals surface area contributed by atoms with Gasteiger partial charge in [-0.1, -0.05) is 42.0 Å². The average molecular weight is 338 g/mol. The molecular formula is C21H26N2O2. The van der Waals surface area contributed by atoms with E-state index in [1.807, 2.05) is 49.5 Å². The van der Waals surface area contributed by atoms with Crippen molar-refractivity contribution in [3.8, 4) is 5.75 Å². The van der Waals surface area contributed by atoms with Gasteiger partial charge in [-0.3, -0.25) is 4.79 Å². The van der Waals surface area contributed by atoms with Gasteiger partial charge in [0.25, 0.3) is 0 Å². The number of benzene rings is 2. The number of aryl methyl sites for hydroxylation is 1. The zero-order chi connectivity index (χ0) is 17.8. The molecule has 0 aliphatic carbocycles. The van der Waals surface area contributed by atoms with Crippen LogP contribution in [0.4, 0.5) is 5.69 Å². The van der Waals surface area contributed by atoms with Crippen molar-refractivity contribution in [2.24, 2.45) is 0 Å². The molecule has 132 valence electrons. The number of nitrogens with zero attached hydrogens (tertiary/aromatic N) is 2. The lowest BCUT2D eigenvalue weighted by Crippen LogP contribution is -2.47. The van der Waals surface area contributed by atoms with Crippen LogP contribution in [0.15, 0.2) is 48.5 Å². The Hall–Kier alpha value is -2.49. The molecule has 4 nitrogen and oxygen atoms in total. The van der Waals surface area contributed by atoms with Crippen molar-refractivity contribution >= 4 is 11.6 Å². The maximum absolute atomic E-state index is 12.5. The largest absolute Gasteiger partial charge is 0.485 e. The second-order valence-electron chi connectivity index (χ2n) is 6.68. The number of carbonyl (C=O) groups is 1. The van der Waals surface area contributed by atoms with E-state index in [4.69, 9.17) is 4.74 Å². The van der Waals surface area contributed by atoms with Crippen molar-refractivity contribution in [2.75, 3.05) is 31.6 Å². The van der Waals surface area contributed by atoms with Gasteiger partial charge in [0.1, 0.15) is 11.9 Å². The monoisotopic (exact) mass is 338 g/mol. The lowest BCUT2D eigenvalue weighted by atomic mass is 10.1. The molecule has 1 atom stereocenters. The first-order valence-electron chi connectivity index (χ1n) is 8.87. The molecule has 0 bridgehead atoms. The molecule has 4 heteroatoms. The summed E-state index contributed by atoms with van der Waals surface area (Å²) in [6, 6.07) is 16.2. The van der Waals surface area contributed by atoms with E-state index in [0.717, 1.165) is 30.1 Å². The highest BCUT2D eigenvalue weighted by Gasteiger charge is 2.26. The molecule has 0 unspecified atom stereocenters. The van der Waals surface area contributed by atoms with Crippen LogP contribution in [0.5, 0.6) is 5.75 Å². The molecule has 0 saturated heterocycles. The van der Waals surface area contributed by atoms with E-state index in [1.54, 1.807) is 4.90 Å². The van der Waals surface area contributed by atoms with Crippen molar-refractivity contribution in [1.82, 2.24) is 4.90 Å². The van der Waals surface area contributed by atoms with Gasteiger partial charge < -0.3 is 14.5 Å². The highest BCUT2D eigenvalue weighted by molar-refractivity contribution is 5.78. The van der Waals surface area contributed by atoms with Crippen molar-refractivity contribution in [1.29, 1.82) is 0 Å². The number of ether oxygens (including phenoxy) is 1. The number of hydrogen-bond donors (Lipinski definition) is 0. The Bertz CT molecular complexity index is 727. The van der Waals surface area contributed by atoms with Crippen LogP contribution in [-0.4, -0.2) is 43.6 Å². The Morgan fingerprint density at radius 2 is 1.92 bits per heavy atom. The Kier molecular flexibility index (Phi) is 5.27. The molecule has 0 N–H and O–H groups in total. The van der Waals surface area contributed by atoms with Crippen molar-refractivity contribution in [3.63, 3.8) is 0 Å². The van der Waals surface area contributed by atoms with Crippen LogP contribution in [0.25, 0.3) is 0 Å². The summed E-state index contributed by atoms with van der Waals surface area (Å²) >= 11 is 0. The third kappa shape index (κ3) is 4.13. The second kappa shape index (κ2) is 7.60. The highest BCUT2D eigenvalue weighted by Crippen LogP contribution is 2.32. The summed E-state index contributed by atoms with van der Waals surface area (Å²) in [6.45, 7) is 6.52. The van der Waals surface area contributed by atoms with E-state index < -0.39 is 0 Å². The third-order valence-corrected chi connectivity index (χ3v) is 4.68. The SMILES string of the molecule is CCN1C[C@H](CN(C)C(=O)Cc2ccc(C)cc2)Oc2ccccc21. The minimum Gasteiger partial charge on any atom is -0.485 e. The summed E-state index contributed by atoms with van der Waals surface area (Å²) in [6.07, 6.45) is 0.416. The molecule has 3 rings (SSSR count). The molecule has 0 spiro atoms. The molecule has 1 aliphatic heterocycles. The molecule has 2 aromatic carbocycles. The molecule has 2 aromatic rings. The van der Waals surface area contributed by atoms with Gasteiger partial charge in [0.05, 0.1) is 25.2 Å².